The van der Waals surface area contributed by atoms with E-state index in [-0.39, 0.29) is 0 Å². The number of rotatable bonds is 3. The summed E-state index contributed by atoms with van der Waals surface area (Å²) < 4.78 is 0. The van der Waals surface area contributed by atoms with Crippen molar-refractivity contribution in [3.05, 3.63) is 58.8 Å². The van der Waals surface area contributed by atoms with E-state index in [4.69, 9.17) is 0 Å². The van der Waals surface area contributed by atoms with E-state index in [2.05, 4.69) is 60.1 Å². The molecule has 0 aliphatic carbocycles. The van der Waals surface area contributed by atoms with E-state index in [1.54, 1.807) is 0 Å². The van der Waals surface area contributed by atoms with Gasteiger partial charge in [-0.2, -0.15) is 0 Å². The third-order valence-corrected chi connectivity index (χ3v) is 4.88. The molecule has 2 aromatic heterocycles. The predicted octanol–water partition coefficient (Wildman–Crippen LogP) is 5.71. The molecule has 3 rings (SSSR count). The maximum Gasteiger partial charge on any atom is 0.0352 e. The largest absolute Gasteiger partial charge is 0.144 e. The van der Waals surface area contributed by atoms with Gasteiger partial charge in [-0.05, 0) is 34.9 Å². The minimum Gasteiger partial charge on any atom is -0.144 e. The lowest BCUT2D eigenvalue weighted by Crippen LogP contribution is -1.89. The second kappa shape index (κ2) is 5.09. The fourth-order valence-electron chi connectivity index (χ4n) is 2.24. The minimum atomic E-state index is 1.08. The van der Waals surface area contributed by atoms with Crippen molar-refractivity contribution in [2.45, 2.75) is 13.3 Å². The van der Waals surface area contributed by atoms with Gasteiger partial charge < -0.3 is 0 Å². The van der Waals surface area contributed by atoms with Crippen LogP contribution in [0.15, 0.2) is 53.2 Å². The fourth-order valence-corrected chi connectivity index (χ4v) is 3.82. The van der Waals surface area contributed by atoms with Gasteiger partial charge in [-0.15, -0.1) is 22.7 Å². The molecule has 1 aromatic carbocycles. The quantitative estimate of drug-likeness (QED) is 0.572. The van der Waals surface area contributed by atoms with Crippen LogP contribution in [-0.2, 0) is 6.42 Å². The SMILES string of the molecule is CCc1cccc(-c2cccs2)c1-c1cccs1. The van der Waals surface area contributed by atoms with E-state index in [9.17, 15) is 0 Å². The first-order valence-electron chi connectivity index (χ1n) is 6.10. The highest BCUT2D eigenvalue weighted by atomic mass is 32.1. The Morgan fingerprint density at radius 2 is 1.56 bits per heavy atom. The summed E-state index contributed by atoms with van der Waals surface area (Å²) in [5.74, 6) is 0. The summed E-state index contributed by atoms with van der Waals surface area (Å²) in [5.41, 5.74) is 4.22. The second-order valence-electron chi connectivity index (χ2n) is 4.15. The van der Waals surface area contributed by atoms with Crippen LogP contribution in [0.3, 0.4) is 0 Å². The molecule has 0 unspecified atom stereocenters. The Bertz CT molecular complexity index is 619. The zero-order chi connectivity index (χ0) is 12.4. The van der Waals surface area contributed by atoms with Crippen molar-refractivity contribution in [2.75, 3.05) is 0 Å². The number of hydrogen-bond donors (Lipinski definition) is 0. The molecule has 0 nitrogen and oxygen atoms in total. The second-order valence-corrected chi connectivity index (χ2v) is 6.04. The van der Waals surface area contributed by atoms with Crippen molar-refractivity contribution >= 4 is 22.7 Å². The Balaban J connectivity index is 2.26. The summed E-state index contributed by atoms with van der Waals surface area (Å²) in [6.45, 7) is 2.23. The highest BCUT2D eigenvalue weighted by Crippen LogP contribution is 2.39. The standard InChI is InChI=1S/C16H14S2/c1-2-12-6-3-7-13(14-8-4-10-17-14)16(12)15-9-5-11-18-15/h3-11H,2H2,1H3. The van der Waals surface area contributed by atoms with Crippen LogP contribution in [0.4, 0.5) is 0 Å². The van der Waals surface area contributed by atoms with Crippen LogP contribution in [0.1, 0.15) is 12.5 Å². The van der Waals surface area contributed by atoms with Crippen LogP contribution in [0.2, 0.25) is 0 Å². The molecular formula is C16H14S2. The molecule has 18 heavy (non-hydrogen) atoms. The monoisotopic (exact) mass is 270 g/mol. The van der Waals surface area contributed by atoms with Crippen LogP contribution in [-0.4, -0.2) is 0 Å². The summed E-state index contributed by atoms with van der Waals surface area (Å²) in [7, 11) is 0. The van der Waals surface area contributed by atoms with E-state index in [1.165, 1.54) is 26.4 Å². The predicted molar refractivity (Wildman–Crippen MR) is 82.4 cm³/mol. The van der Waals surface area contributed by atoms with Gasteiger partial charge in [-0.25, -0.2) is 0 Å². The van der Waals surface area contributed by atoms with Crippen LogP contribution in [0, 0.1) is 0 Å². The number of benzene rings is 1. The Kier molecular flexibility index (Phi) is 3.31. The first-order chi connectivity index (χ1) is 8.90. The topological polar surface area (TPSA) is 0 Å². The molecule has 0 spiro atoms. The van der Waals surface area contributed by atoms with E-state index in [1.807, 2.05) is 22.7 Å². The molecule has 2 heteroatoms. The van der Waals surface area contributed by atoms with Gasteiger partial charge in [0.1, 0.15) is 0 Å². The lowest BCUT2D eigenvalue weighted by molar-refractivity contribution is 1.15. The van der Waals surface area contributed by atoms with Gasteiger partial charge in [0.05, 0.1) is 0 Å². The summed E-state index contributed by atoms with van der Waals surface area (Å²) in [6.07, 6.45) is 1.08. The molecule has 0 atom stereocenters. The first-order valence-corrected chi connectivity index (χ1v) is 7.85. The maximum atomic E-state index is 2.24. The Hall–Kier alpha value is -1.38. The van der Waals surface area contributed by atoms with Crippen molar-refractivity contribution in [2.24, 2.45) is 0 Å². The molecule has 3 aromatic rings. The average Bonchev–Trinajstić information content (AvgIpc) is 3.10. The first kappa shape index (κ1) is 11.7. The van der Waals surface area contributed by atoms with Crippen molar-refractivity contribution in [1.82, 2.24) is 0 Å². The van der Waals surface area contributed by atoms with E-state index in [0.29, 0.717) is 0 Å². The number of thiophene rings is 2. The molecule has 90 valence electrons. The van der Waals surface area contributed by atoms with Crippen LogP contribution in [0.25, 0.3) is 20.9 Å². The number of hydrogen-bond acceptors (Lipinski definition) is 2. The summed E-state index contributed by atoms with van der Waals surface area (Å²) >= 11 is 3.63. The zero-order valence-corrected chi connectivity index (χ0v) is 11.9. The Morgan fingerprint density at radius 1 is 0.833 bits per heavy atom. The van der Waals surface area contributed by atoms with E-state index >= 15 is 0 Å². The van der Waals surface area contributed by atoms with Crippen molar-refractivity contribution < 1.29 is 0 Å². The van der Waals surface area contributed by atoms with Gasteiger partial charge in [0, 0.05) is 20.9 Å². The highest BCUT2D eigenvalue weighted by Gasteiger charge is 2.12. The zero-order valence-electron chi connectivity index (χ0n) is 10.2. The van der Waals surface area contributed by atoms with Gasteiger partial charge >= 0.3 is 0 Å². The lowest BCUT2D eigenvalue weighted by Gasteiger charge is -2.11. The van der Waals surface area contributed by atoms with Gasteiger partial charge in [0.2, 0.25) is 0 Å². The van der Waals surface area contributed by atoms with Gasteiger partial charge in [-0.3, -0.25) is 0 Å². The average molecular weight is 270 g/mol. The smallest absolute Gasteiger partial charge is 0.0352 e. The van der Waals surface area contributed by atoms with Gasteiger partial charge in [0.15, 0.2) is 0 Å². The molecule has 0 fully saturated rings. The van der Waals surface area contributed by atoms with Gasteiger partial charge in [-0.1, -0.05) is 37.3 Å². The molecular weight excluding hydrogens is 256 g/mol. The van der Waals surface area contributed by atoms with Crippen LogP contribution < -0.4 is 0 Å². The molecule has 0 radical (unpaired) electrons. The maximum absolute atomic E-state index is 2.24. The summed E-state index contributed by atoms with van der Waals surface area (Å²) in [4.78, 5) is 2.73. The summed E-state index contributed by atoms with van der Waals surface area (Å²) in [5, 5.41) is 4.30. The van der Waals surface area contributed by atoms with Gasteiger partial charge in [0.25, 0.3) is 0 Å². The fraction of sp³-hybridized carbons (Fsp3) is 0.125. The van der Waals surface area contributed by atoms with Crippen molar-refractivity contribution in [3.8, 4) is 20.9 Å². The molecule has 0 N–H and O–H groups in total. The highest BCUT2D eigenvalue weighted by molar-refractivity contribution is 7.14. The third kappa shape index (κ3) is 2.02. The van der Waals surface area contributed by atoms with E-state index in [0.717, 1.165) is 6.42 Å². The molecule has 2 heterocycles. The normalized spacial score (nSPS) is 10.7. The molecule has 0 saturated carbocycles. The molecule has 0 bridgehead atoms. The van der Waals surface area contributed by atoms with Crippen molar-refractivity contribution in [1.29, 1.82) is 0 Å². The summed E-state index contributed by atoms with van der Waals surface area (Å²) in [6, 6.07) is 15.3. The molecule has 0 amide bonds. The Labute approximate surface area is 116 Å². The van der Waals surface area contributed by atoms with E-state index < -0.39 is 0 Å². The van der Waals surface area contributed by atoms with Crippen LogP contribution >= 0.6 is 22.7 Å². The third-order valence-electron chi connectivity index (χ3n) is 3.09. The minimum absolute atomic E-state index is 1.08. The van der Waals surface area contributed by atoms with Crippen LogP contribution in [0.5, 0.6) is 0 Å². The van der Waals surface area contributed by atoms with Crippen molar-refractivity contribution in [3.63, 3.8) is 0 Å². The lowest BCUT2D eigenvalue weighted by atomic mass is 9.97. The number of aryl methyl sites for hydroxylation is 1. The molecule has 0 saturated heterocycles. The Morgan fingerprint density at radius 3 is 2.17 bits per heavy atom. The molecule has 0 aliphatic heterocycles. The molecule has 0 aliphatic rings.